The maximum Gasteiger partial charge on any atom is 0.0370 e. The second kappa shape index (κ2) is 8.15. The molecule has 1 unspecified atom stereocenters. The molecule has 0 aliphatic heterocycles. The van der Waals surface area contributed by atoms with Crippen LogP contribution in [0.25, 0.3) is 0 Å². The number of hydrogen-bond donors (Lipinski definition) is 2. The van der Waals surface area contributed by atoms with E-state index < -0.39 is 0 Å². The molecule has 1 atom stereocenters. The van der Waals surface area contributed by atoms with Crippen molar-refractivity contribution >= 4 is 5.69 Å². The molecule has 0 aliphatic rings. The summed E-state index contributed by atoms with van der Waals surface area (Å²) in [6, 6.07) is 9.15. The fourth-order valence-electron chi connectivity index (χ4n) is 2.07. The molecule has 0 amide bonds. The van der Waals surface area contributed by atoms with Crippen LogP contribution in [-0.4, -0.2) is 19.6 Å². The van der Waals surface area contributed by atoms with Crippen molar-refractivity contribution < 1.29 is 0 Å². The normalized spacial score (nSPS) is 12.7. The fourth-order valence-corrected chi connectivity index (χ4v) is 2.07. The number of hydrogen-bond acceptors (Lipinski definition) is 2. The van der Waals surface area contributed by atoms with Crippen LogP contribution in [0.1, 0.15) is 39.2 Å². The molecule has 0 radical (unpaired) electrons. The van der Waals surface area contributed by atoms with Gasteiger partial charge in [-0.05, 0) is 50.3 Å². The molecular weight excluding hydrogens is 220 g/mol. The van der Waals surface area contributed by atoms with E-state index in [9.17, 15) is 0 Å². The smallest absolute Gasteiger partial charge is 0.0370 e. The van der Waals surface area contributed by atoms with E-state index in [1.807, 2.05) is 7.05 Å². The van der Waals surface area contributed by atoms with Gasteiger partial charge in [-0.15, -0.1) is 0 Å². The Morgan fingerprint density at radius 3 is 2.44 bits per heavy atom. The monoisotopic (exact) mass is 248 g/mol. The molecule has 1 rings (SSSR count). The van der Waals surface area contributed by atoms with Gasteiger partial charge in [0.2, 0.25) is 0 Å². The SMILES string of the molecule is CNc1ccccc1CCC(C)NCCC(C)C. The maximum atomic E-state index is 3.60. The molecule has 0 heterocycles. The summed E-state index contributed by atoms with van der Waals surface area (Å²) in [5.74, 6) is 0.787. The lowest BCUT2D eigenvalue weighted by atomic mass is 10.0. The van der Waals surface area contributed by atoms with Gasteiger partial charge in [-0.1, -0.05) is 32.0 Å². The van der Waals surface area contributed by atoms with Crippen molar-refractivity contribution in [3.63, 3.8) is 0 Å². The lowest BCUT2D eigenvalue weighted by Gasteiger charge is -2.16. The number of rotatable bonds is 8. The number of anilines is 1. The molecule has 2 heteroatoms. The van der Waals surface area contributed by atoms with Gasteiger partial charge in [0.1, 0.15) is 0 Å². The summed E-state index contributed by atoms with van der Waals surface area (Å²) in [5.41, 5.74) is 2.67. The van der Waals surface area contributed by atoms with Crippen LogP contribution >= 0.6 is 0 Å². The Kier molecular flexibility index (Phi) is 6.81. The van der Waals surface area contributed by atoms with Gasteiger partial charge in [-0.25, -0.2) is 0 Å². The minimum Gasteiger partial charge on any atom is -0.388 e. The van der Waals surface area contributed by atoms with Crippen LogP contribution in [0.3, 0.4) is 0 Å². The topological polar surface area (TPSA) is 24.1 Å². The largest absolute Gasteiger partial charge is 0.388 e. The average Bonchev–Trinajstić information content (AvgIpc) is 2.36. The lowest BCUT2D eigenvalue weighted by molar-refractivity contribution is 0.469. The molecule has 0 fully saturated rings. The predicted octanol–water partition coefficient (Wildman–Crippen LogP) is 3.69. The zero-order valence-electron chi connectivity index (χ0n) is 12.3. The zero-order valence-corrected chi connectivity index (χ0v) is 12.3. The molecular formula is C16H28N2. The highest BCUT2D eigenvalue weighted by atomic mass is 14.9. The fraction of sp³-hybridized carbons (Fsp3) is 0.625. The van der Waals surface area contributed by atoms with Crippen molar-refractivity contribution in [3.8, 4) is 0 Å². The quantitative estimate of drug-likeness (QED) is 0.733. The van der Waals surface area contributed by atoms with Crippen molar-refractivity contribution in [3.05, 3.63) is 29.8 Å². The van der Waals surface area contributed by atoms with E-state index in [0.29, 0.717) is 6.04 Å². The highest BCUT2D eigenvalue weighted by Crippen LogP contribution is 2.16. The summed E-state index contributed by atoms with van der Waals surface area (Å²) in [5, 5.41) is 6.86. The Morgan fingerprint density at radius 1 is 1.06 bits per heavy atom. The van der Waals surface area contributed by atoms with Gasteiger partial charge in [-0.3, -0.25) is 0 Å². The summed E-state index contributed by atoms with van der Waals surface area (Å²) in [4.78, 5) is 0. The van der Waals surface area contributed by atoms with E-state index in [1.54, 1.807) is 0 Å². The standard InChI is InChI=1S/C16H28N2/c1-13(2)11-12-18-14(3)9-10-15-7-5-6-8-16(15)17-4/h5-8,13-14,17-18H,9-12H2,1-4H3. The summed E-state index contributed by atoms with van der Waals surface area (Å²) in [6.07, 6.45) is 3.58. The number of aryl methyl sites for hydroxylation is 1. The van der Waals surface area contributed by atoms with Crippen molar-refractivity contribution in [2.24, 2.45) is 5.92 Å². The van der Waals surface area contributed by atoms with Gasteiger partial charge in [0.05, 0.1) is 0 Å². The number of benzene rings is 1. The highest BCUT2D eigenvalue weighted by Gasteiger charge is 2.05. The van der Waals surface area contributed by atoms with Gasteiger partial charge >= 0.3 is 0 Å². The minimum atomic E-state index is 0.591. The van der Waals surface area contributed by atoms with Crippen molar-refractivity contribution in [2.75, 3.05) is 18.9 Å². The first-order valence-corrected chi connectivity index (χ1v) is 7.12. The Labute approximate surface area is 112 Å². The molecule has 102 valence electrons. The van der Waals surface area contributed by atoms with E-state index in [2.05, 4.69) is 55.7 Å². The van der Waals surface area contributed by atoms with Crippen molar-refractivity contribution in [1.29, 1.82) is 0 Å². The average molecular weight is 248 g/mol. The molecule has 2 N–H and O–H groups in total. The van der Waals surface area contributed by atoms with Crippen molar-refractivity contribution in [1.82, 2.24) is 5.32 Å². The predicted molar refractivity (Wildman–Crippen MR) is 81.2 cm³/mol. The van der Waals surface area contributed by atoms with Crippen LogP contribution in [0, 0.1) is 5.92 Å². The van der Waals surface area contributed by atoms with Crippen LogP contribution in [0.15, 0.2) is 24.3 Å². The van der Waals surface area contributed by atoms with Gasteiger partial charge < -0.3 is 10.6 Å². The first-order valence-electron chi connectivity index (χ1n) is 7.12. The van der Waals surface area contributed by atoms with E-state index >= 15 is 0 Å². The summed E-state index contributed by atoms with van der Waals surface area (Å²) >= 11 is 0. The molecule has 18 heavy (non-hydrogen) atoms. The molecule has 0 aromatic heterocycles. The van der Waals surface area contributed by atoms with Gasteiger partial charge in [0.15, 0.2) is 0 Å². The maximum absolute atomic E-state index is 3.60. The summed E-state index contributed by atoms with van der Waals surface area (Å²) in [6.45, 7) is 7.96. The van der Waals surface area contributed by atoms with Gasteiger partial charge in [-0.2, -0.15) is 0 Å². The zero-order chi connectivity index (χ0) is 13.4. The lowest BCUT2D eigenvalue weighted by Crippen LogP contribution is -2.28. The molecule has 0 saturated heterocycles. The van der Waals surface area contributed by atoms with Crippen LogP contribution in [0.4, 0.5) is 5.69 Å². The first-order chi connectivity index (χ1) is 8.63. The van der Waals surface area contributed by atoms with E-state index in [4.69, 9.17) is 0 Å². The molecule has 1 aromatic rings. The summed E-state index contributed by atoms with van der Waals surface area (Å²) < 4.78 is 0. The molecule has 0 spiro atoms. The third-order valence-electron chi connectivity index (χ3n) is 3.35. The van der Waals surface area contributed by atoms with Crippen LogP contribution < -0.4 is 10.6 Å². The molecule has 0 saturated carbocycles. The Balaban J connectivity index is 2.31. The first kappa shape index (κ1) is 15.0. The Hall–Kier alpha value is -1.02. The number of nitrogens with one attached hydrogen (secondary N) is 2. The molecule has 0 aliphatic carbocycles. The Morgan fingerprint density at radius 2 is 1.78 bits per heavy atom. The van der Waals surface area contributed by atoms with E-state index in [0.717, 1.165) is 18.9 Å². The summed E-state index contributed by atoms with van der Waals surface area (Å²) in [7, 11) is 1.99. The van der Waals surface area contributed by atoms with Crippen LogP contribution in [-0.2, 0) is 6.42 Å². The molecule has 0 bridgehead atoms. The second-order valence-corrected chi connectivity index (χ2v) is 5.48. The second-order valence-electron chi connectivity index (χ2n) is 5.48. The molecule has 1 aromatic carbocycles. The third kappa shape index (κ3) is 5.54. The van der Waals surface area contributed by atoms with Crippen molar-refractivity contribution in [2.45, 2.75) is 46.1 Å². The molecule has 2 nitrogen and oxygen atoms in total. The van der Waals surface area contributed by atoms with Gasteiger partial charge in [0.25, 0.3) is 0 Å². The van der Waals surface area contributed by atoms with E-state index in [1.165, 1.54) is 24.1 Å². The van der Waals surface area contributed by atoms with Gasteiger partial charge in [0, 0.05) is 18.8 Å². The van der Waals surface area contributed by atoms with E-state index in [-0.39, 0.29) is 0 Å². The third-order valence-corrected chi connectivity index (χ3v) is 3.35. The van der Waals surface area contributed by atoms with Crippen LogP contribution in [0.2, 0.25) is 0 Å². The Bertz CT molecular complexity index is 334. The van der Waals surface area contributed by atoms with Crippen LogP contribution in [0.5, 0.6) is 0 Å². The highest BCUT2D eigenvalue weighted by molar-refractivity contribution is 5.50. The number of para-hydroxylation sites is 1. The minimum absolute atomic E-state index is 0.591.